The van der Waals surface area contributed by atoms with Crippen molar-refractivity contribution in [3.05, 3.63) is 164 Å². The van der Waals surface area contributed by atoms with E-state index in [0.29, 0.717) is 5.82 Å². The summed E-state index contributed by atoms with van der Waals surface area (Å²) in [6, 6.07) is 57.2. The van der Waals surface area contributed by atoms with Gasteiger partial charge in [0.25, 0.3) is 0 Å². The Morgan fingerprint density at radius 2 is 1.02 bits per heavy atom. The predicted molar refractivity (Wildman–Crippen MR) is 197 cm³/mol. The molecule has 0 aliphatic rings. The van der Waals surface area contributed by atoms with Crippen LogP contribution in [0, 0.1) is 0 Å². The topological polar surface area (TPSA) is 43.9 Å². The Hall–Kier alpha value is -6.52. The molecule has 10 rings (SSSR count). The van der Waals surface area contributed by atoms with Crippen LogP contribution in [0.15, 0.2) is 168 Å². The molecule has 0 aliphatic carbocycles. The number of fused-ring (bicyclic) bond motifs is 7. The number of benzene rings is 7. The minimum atomic E-state index is 0.667. The second kappa shape index (κ2) is 10.5. The van der Waals surface area contributed by atoms with E-state index in [4.69, 9.17) is 14.4 Å². The summed E-state index contributed by atoms with van der Waals surface area (Å²) in [5.74, 6) is 0.667. The van der Waals surface area contributed by atoms with Gasteiger partial charge in [0.1, 0.15) is 5.58 Å². The lowest BCUT2D eigenvalue weighted by Crippen LogP contribution is -1.95. The van der Waals surface area contributed by atoms with E-state index in [1.54, 1.807) is 0 Å². The molecule has 4 nitrogen and oxygen atoms in total. The van der Waals surface area contributed by atoms with Gasteiger partial charge >= 0.3 is 0 Å². The van der Waals surface area contributed by atoms with Crippen LogP contribution in [-0.4, -0.2) is 14.5 Å². The number of hydrogen-bond acceptors (Lipinski definition) is 3. The monoisotopic (exact) mass is 613 g/mol. The summed E-state index contributed by atoms with van der Waals surface area (Å²) in [6.45, 7) is 0. The van der Waals surface area contributed by atoms with Gasteiger partial charge in [-0.3, -0.25) is 0 Å². The van der Waals surface area contributed by atoms with E-state index in [0.717, 1.165) is 66.4 Å². The lowest BCUT2D eigenvalue weighted by Gasteiger charge is -2.10. The van der Waals surface area contributed by atoms with Crippen molar-refractivity contribution in [1.29, 1.82) is 0 Å². The Kier molecular flexibility index (Phi) is 5.84. The first-order valence-corrected chi connectivity index (χ1v) is 16.2. The lowest BCUT2D eigenvalue weighted by molar-refractivity contribution is 0.666. The Morgan fingerprint density at radius 3 is 1.79 bits per heavy atom. The van der Waals surface area contributed by atoms with Crippen molar-refractivity contribution in [2.45, 2.75) is 0 Å². The van der Waals surface area contributed by atoms with E-state index in [-0.39, 0.29) is 0 Å². The molecule has 0 spiro atoms. The van der Waals surface area contributed by atoms with Crippen LogP contribution in [0.3, 0.4) is 0 Å². The molecule has 3 aromatic heterocycles. The summed E-state index contributed by atoms with van der Waals surface area (Å²) in [5.41, 5.74) is 11.1. The van der Waals surface area contributed by atoms with Crippen molar-refractivity contribution in [3.63, 3.8) is 0 Å². The highest BCUT2D eigenvalue weighted by Gasteiger charge is 2.18. The number of para-hydroxylation sites is 4. The van der Waals surface area contributed by atoms with Crippen molar-refractivity contribution in [3.8, 4) is 39.5 Å². The van der Waals surface area contributed by atoms with Crippen LogP contribution in [0.5, 0.6) is 0 Å². The van der Waals surface area contributed by atoms with Gasteiger partial charge in [-0.05, 0) is 47.5 Å². The van der Waals surface area contributed by atoms with Gasteiger partial charge in [0, 0.05) is 38.1 Å². The molecule has 3 heterocycles. The number of hydrogen-bond donors (Lipinski definition) is 0. The molecule has 10 aromatic rings. The van der Waals surface area contributed by atoms with E-state index < -0.39 is 0 Å². The summed E-state index contributed by atoms with van der Waals surface area (Å²) in [4.78, 5) is 10.2. The van der Waals surface area contributed by atoms with E-state index in [2.05, 4.69) is 150 Å². The highest BCUT2D eigenvalue weighted by molar-refractivity contribution is 6.13. The fraction of sp³-hybridized carbons (Fsp3) is 0. The molecular weight excluding hydrogens is 587 g/mol. The first-order valence-electron chi connectivity index (χ1n) is 16.2. The van der Waals surface area contributed by atoms with Crippen LogP contribution in [0.2, 0.25) is 0 Å². The highest BCUT2D eigenvalue weighted by Crippen LogP contribution is 2.39. The molecule has 0 unspecified atom stereocenters. The molecule has 0 N–H and O–H groups in total. The molecule has 0 radical (unpaired) electrons. The van der Waals surface area contributed by atoms with Gasteiger partial charge in [0.15, 0.2) is 11.4 Å². The molecule has 0 amide bonds. The SMILES string of the molecule is c1ccc(-c2ccc(-c3nc(-c4ccc5c(c4)oc4c(-n6c7ccccc7c7ccccc76)cccc45)nc4ccccc34)cc2)cc1. The van der Waals surface area contributed by atoms with Crippen molar-refractivity contribution >= 4 is 54.6 Å². The van der Waals surface area contributed by atoms with Gasteiger partial charge in [0.05, 0.1) is 27.9 Å². The van der Waals surface area contributed by atoms with Gasteiger partial charge in [-0.2, -0.15) is 0 Å². The fourth-order valence-corrected chi connectivity index (χ4v) is 7.16. The van der Waals surface area contributed by atoms with Crippen LogP contribution in [0.4, 0.5) is 0 Å². The summed E-state index contributed by atoms with van der Waals surface area (Å²) < 4.78 is 9.07. The number of rotatable bonds is 4. The van der Waals surface area contributed by atoms with Crippen LogP contribution in [0.1, 0.15) is 0 Å². The number of furan rings is 1. The first kappa shape index (κ1) is 26.7. The normalized spacial score (nSPS) is 11.8. The maximum Gasteiger partial charge on any atom is 0.160 e. The molecule has 4 heteroatoms. The second-order valence-corrected chi connectivity index (χ2v) is 12.2. The Bertz CT molecular complexity index is 2770. The summed E-state index contributed by atoms with van der Waals surface area (Å²) in [6.07, 6.45) is 0. The van der Waals surface area contributed by atoms with Gasteiger partial charge in [-0.1, -0.05) is 127 Å². The second-order valence-electron chi connectivity index (χ2n) is 12.2. The number of aromatic nitrogens is 3. The maximum absolute atomic E-state index is 6.75. The minimum absolute atomic E-state index is 0.667. The minimum Gasteiger partial charge on any atom is -0.454 e. The van der Waals surface area contributed by atoms with Crippen LogP contribution in [-0.2, 0) is 0 Å². The zero-order valence-corrected chi connectivity index (χ0v) is 25.8. The Morgan fingerprint density at radius 1 is 0.417 bits per heavy atom. The third-order valence-corrected chi connectivity index (χ3v) is 9.43. The average Bonchev–Trinajstić information content (AvgIpc) is 3.70. The molecule has 0 aliphatic heterocycles. The standard InChI is InChI=1S/C44H27N3O/c1-2-11-28(12-3-1)29-21-23-30(24-22-29)42-36-15-4-7-17-37(36)45-44(46-42)31-25-26-34-35-16-10-20-40(43(35)48-41(34)27-31)47-38-18-8-5-13-32(38)33-14-6-9-19-39(33)47/h1-27H. The Labute approximate surface area is 276 Å². The van der Waals surface area contributed by atoms with E-state index in [1.807, 2.05) is 18.2 Å². The van der Waals surface area contributed by atoms with Crippen LogP contribution < -0.4 is 0 Å². The predicted octanol–water partition coefficient (Wildman–Crippen LogP) is 11.6. The van der Waals surface area contributed by atoms with Gasteiger partial charge in [0.2, 0.25) is 0 Å². The average molecular weight is 614 g/mol. The molecule has 0 saturated carbocycles. The van der Waals surface area contributed by atoms with Crippen molar-refractivity contribution in [2.24, 2.45) is 0 Å². The maximum atomic E-state index is 6.75. The number of nitrogens with zero attached hydrogens (tertiary/aromatic N) is 3. The van der Waals surface area contributed by atoms with E-state index in [1.165, 1.54) is 21.9 Å². The molecule has 48 heavy (non-hydrogen) atoms. The molecule has 0 bridgehead atoms. The van der Waals surface area contributed by atoms with Crippen LogP contribution >= 0.6 is 0 Å². The van der Waals surface area contributed by atoms with E-state index >= 15 is 0 Å². The van der Waals surface area contributed by atoms with Gasteiger partial charge in [-0.25, -0.2) is 9.97 Å². The van der Waals surface area contributed by atoms with Gasteiger partial charge < -0.3 is 8.98 Å². The largest absolute Gasteiger partial charge is 0.454 e. The molecule has 7 aromatic carbocycles. The quantitative estimate of drug-likeness (QED) is 0.198. The van der Waals surface area contributed by atoms with Crippen LogP contribution in [0.25, 0.3) is 94.1 Å². The summed E-state index contributed by atoms with van der Waals surface area (Å²) >= 11 is 0. The highest BCUT2D eigenvalue weighted by atomic mass is 16.3. The van der Waals surface area contributed by atoms with Crippen molar-refractivity contribution in [2.75, 3.05) is 0 Å². The smallest absolute Gasteiger partial charge is 0.160 e. The molecule has 0 fully saturated rings. The Balaban J connectivity index is 1.13. The third kappa shape index (κ3) is 4.10. The summed E-state index contributed by atoms with van der Waals surface area (Å²) in [5, 5.41) is 5.61. The zero-order valence-electron chi connectivity index (χ0n) is 25.8. The van der Waals surface area contributed by atoms with Gasteiger partial charge in [-0.15, -0.1) is 0 Å². The lowest BCUT2D eigenvalue weighted by atomic mass is 10.0. The first-order chi connectivity index (χ1) is 23.8. The molecule has 0 saturated heterocycles. The third-order valence-electron chi connectivity index (χ3n) is 9.43. The summed E-state index contributed by atoms with van der Waals surface area (Å²) in [7, 11) is 0. The fourth-order valence-electron chi connectivity index (χ4n) is 7.16. The molecule has 224 valence electrons. The molecular formula is C44H27N3O. The zero-order chi connectivity index (χ0) is 31.6. The van der Waals surface area contributed by atoms with Crippen molar-refractivity contribution < 1.29 is 4.42 Å². The molecule has 0 atom stereocenters. The van der Waals surface area contributed by atoms with Crippen molar-refractivity contribution in [1.82, 2.24) is 14.5 Å². The van der Waals surface area contributed by atoms with E-state index in [9.17, 15) is 0 Å².